The van der Waals surface area contributed by atoms with Crippen LogP contribution in [0.25, 0.3) is 0 Å². The Labute approximate surface area is 90.2 Å². The lowest BCUT2D eigenvalue weighted by Crippen LogP contribution is -1.98. The van der Waals surface area contributed by atoms with Gasteiger partial charge in [0.1, 0.15) is 5.02 Å². The Morgan fingerprint density at radius 1 is 1.64 bits per heavy atom. The molecule has 0 unspecified atom stereocenters. The zero-order valence-electron chi connectivity index (χ0n) is 6.38. The molecule has 1 heterocycles. The van der Waals surface area contributed by atoms with Gasteiger partial charge in [-0.25, -0.2) is 8.78 Å². The summed E-state index contributed by atoms with van der Waals surface area (Å²) in [5.74, 6) is -0.670. The molecule has 0 saturated carbocycles. The lowest BCUT2D eigenvalue weighted by molar-refractivity contribution is -0.389. The minimum atomic E-state index is -2.95. The van der Waals surface area contributed by atoms with Gasteiger partial charge >= 0.3 is 12.2 Å². The standard InChI is InChI=1S/C6H2BrClF2N2O2/c7-2-1-3(12(13)14)11-5(4(2)8)6(9)10/h1,6H. The molecule has 0 aliphatic carbocycles. The summed E-state index contributed by atoms with van der Waals surface area (Å²) >= 11 is 8.28. The second-order valence-corrected chi connectivity index (χ2v) is 3.45. The summed E-state index contributed by atoms with van der Waals surface area (Å²) in [5, 5.41) is 9.96. The predicted molar refractivity (Wildman–Crippen MR) is 48.6 cm³/mol. The van der Waals surface area contributed by atoms with Crippen molar-refractivity contribution >= 4 is 33.3 Å². The van der Waals surface area contributed by atoms with Gasteiger partial charge in [-0.2, -0.15) is 0 Å². The minimum Gasteiger partial charge on any atom is -0.358 e. The fourth-order valence-electron chi connectivity index (χ4n) is 0.742. The Morgan fingerprint density at radius 2 is 2.21 bits per heavy atom. The molecule has 1 aromatic rings. The highest BCUT2D eigenvalue weighted by atomic mass is 79.9. The maximum Gasteiger partial charge on any atom is 0.365 e. The zero-order valence-corrected chi connectivity index (χ0v) is 8.72. The predicted octanol–water partition coefficient (Wildman–Crippen LogP) is 3.34. The summed E-state index contributed by atoms with van der Waals surface area (Å²) in [6.07, 6.45) is -2.95. The molecular formula is C6H2BrClF2N2O2. The lowest BCUT2D eigenvalue weighted by atomic mass is 10.3. The Balaban J connectivity index is 3.35. The van der Waals surface area contributed by atoms with Gasteiger partial charge in [-0.1, -0.05) is 11.6 Å². The number of alkyl halides is 2. The van der Waals surface area contributed by atoms with Crippen molar-refractivity contribution in [1.29, 1.82) is 0 Å². The Morgan fingerprint density at radius 3 is 2.64 bits per heavy atom. The number of pyridine rings is 1. The summed E-state index contributed by atoms with van der Waals surface area (Å²) in [7, 11) is 0. The summed E-state index contributed by atoms with van der Waals surface area (Å²) in [5.41, 5.74) is -0.798. The number of rotatable bonds is 2. The van der Waals surface area contributed by atoms with Crippen LogP contribution in [0.1, 0.15) is 12.1 Å². The smallest absolute Gasteiger partial charge is 0.358 e. The third kappa shape index (κ3) is 2.16. The van der Waals surface area contributed by atoms with Crippen molar-refractivity contribution in [3.63, 3.8) is 0 Å². The van der Waals surface area contributed by atoms with Crippen LogP contribution < -0.4 is 0 Å². The molecule has 14 heavy (non-hydrogen) atoms. The van der Waals surface area contributed by atoms with Gasteiger partial charge in [0.15, 0.2) is 0 Å². The molecule has 0 saturated heterocycles. The average Bonchev–Trinajstić information content (AvgIpc) is 2.08. The first-order valence-corrected chi connectivity index (χ1v) is 4.39. The molecule has 0 N–H and O–H groups in total. The number of hydrogen-bond donors (Lipinski definition) is 0. The van der Waals surface area contributed by atoms with E-state index in [9.17, 15) is 18.9 Å². The van der Waals surface area contributed by atoms with Crippen LogP contribution in [0.4, 0.5) is 14.6 Å². The van der Waals surface area contributed by atoms with E-state index in [1.807, 2.05) is 0 Å². The van der Waals surface area contributed by atoms with Gasteiger partial charge in [0.2, 0.25) is 5.69 Å². The fraction of sp³-hybridized carbons (Fsp3) is 0.167. The first kappa shape index (κ1) is 11.3. The summed E-state index contributed by atoms with van der Waals surface area (Å²) in [4.78, 5) is 12.5. The molecule has 0 aliphatic rings. The molecule has 4 nitrogen and oxygen atoms in total. The van der Waals surface area contributed by atoms with E-state index in [1.54, 1.807) is 0 Å². The van der Waals surface area contributed by atoms with Crippen molar-refractivity contribution < 1.29 is 13.7 Å². The van der Waals surface area contributed by atoms with Gasteiger partial charge in [-0.3, -0.25) is 0 Å². The first-order chi connectivity index (χ1) is 6.43. The lowest BCUT2D eigenvalue weighted by Gasteiger charge is -2.00. The SMILES string of the molecule is O=[N+]([O-])c1cc(Br)c(Cl)c(C(F)F)n1. The Kier molecular flexibility index (Phi) is 3.33. The molecule has 8 heteroatoms. The number of halogens is 4. The second-order valence-electron chi connectivity index (χ2n) is 2.22. The van der Waals surface area contributed by atoms with E-state index >= 15 is 0 Å². The third-order valence-corrected chi connectivity index (χ3v) is 2.57. The van der Waals surface area contributed by atoms with E-state index < -0.39 is 22.9 Å². The second kappa shape index (κ2) is 4.14. The minimum absolute atomic E-state index is 0.0242. The molecular weight excluding hydrogens is 285 g/mol. The molecule has 0 atom stereocenters. The quantitative estimate of drug-likeness (QED) is 0.619. The van der Waals surface area contributed by atoms with Crippen molar-refractivity contribution in [3.8, 4) is 0 Å². The van der Waals surface area contributed by atoms with Crippen LogP contribution in [0.15, 0.2) is 10.5 Å². The highest BCUT2D eigenvalue weighted by molar-refractivity contribution is 9.10. The molecule has 0 bridgehead atoms. The Bertz CT molecular complexity index is 388. The number of nitrogens with zero attached hydrogens (tertiary/aromatic N) is 2. The topological polar surface area (TPSA) is 56.0 Å². The maximum absolute atomic E-state index is 12.3. The van der Waals surface area contributed by atoms with Crippen LogP contribution in [-0.4, -0.2) is 9.91 Å². The van der Waals surface area contributed by atoms with E-state index in [-0.39, 0.29) is 9.50 Å². The highest BCUT2D eigenvalue weighted by Crippen LogP contribution is 2.33. The van der Waals surface area contributed by atoms with Crippen molar-refractivity contribution in [1.82, 2.24) is 4.98 Å². The number of aromatic nitrogens is 1. The van der Waals surface area contributed by atoms with E-state index in [0.717, 1.165) is 6.07 Å². The molecule has 0 fully saturated rings. The molecule has 0 aliphatic heterocycles. The van der Waals surface area contributed by atoms with Crippen LogP contribution in [0.2, 0.25) is 5.02 Å². The van der Waals surface area contributed by atoms with Crippen LogP contribution in [0.3, 0.4) is 0 Å². The van der Waals surface area contributed by atoms with Crippen LogP contribution >= 0.6 is 27.5 Å². The fourth-order valence-corrected chi connectivity index (χ4v) is 1.33. The van der Waals surface area contributed by atoms with E-state index in [0.29, 0.717) is 0 Å². The Hall–Kier alpha value is -0.820. The average molecular weight is 287 g/mol. The molecule has 0 radical (unpaired) electrons. The van der Waals surface area contributed by atoms with Gasteiger partial charge < -0.3 is 10.1 Å². The summed E-state index contributed by atoms with van der Waals surface area (Å²) < 4.78 is 24.5. The van der Waals surface area contributed by atoms with Crippen molar-refractivity contribution in [2.75, 3.05) is 0 Å². The zero-order chi connectivity index (χ0) is 10.9. The largest absolute Gasteiger partial charge is 0.365 e. The highest BCUT2D eigenvalue weighted by Gasteiger charge is 2.25. The molecule has 1 aromatic heterocycles. The van der Waals surface area contributed by atoms with Crippen LogP contribution in [-0.2, 0) is 0 Å². The van der Waals surface area contributed by atoms with Crippen LogP contribution in [0.5, 0.6) is 0 Å². The third-order valence-electron chi connectivity index (χ3n) is 1.32. The van der Waals surface area contributed by atoms with Crippen molar-refractivity contribution in [2.45, 2.75) is 6.43 Å². The normalized spacial score (nSPS) is 10.6. The molecule has 0 spiro atoms. The van der Waals surface area contributed by atoms with Gasteiger partial charge in [0.05, 0.1) is 6.07 Å². The number of nitro groups is 1. The van der Waals surface area contributed by atoms with E-state index in [4.69, 9.17) is 11.6 Å². The van der Waals surface area contributed by atoms with Gasteiger partial charge in [-0.05, 0) is 25.8 Å². The molecule has 1 rings (SSSR count). The molecule has 0 amide bonds. The summed E-state index contributed by atoms with van der Waals surface area (Å²) in [6, 6.07) is 0.966. The van der Waals surface area contributed by atoms with Gasteiger partial charge in [0.25, 0.3) is 0 Å². The van der Waals surface area contributed by atoms with Gasteiger partial charge in [-0.15, -0.1) is 0 Å². The molecule has 0 aromatic carbocycles. The van der Waals surface area contributed by atoms with Crippen molar-refractivity contribution in [2.24, 2.45) is 0 Å². The van der Waals surface area contributed by atoms with E-state index in [1.165, 1.54) is 0 Å². The van der Waals surface area contributed by atoms with E-state index in [2.05, 4.69) is 20.9 Å². The molecule has 76 valence electrons. The summed E-state index contributed by atoms with van der Waals surface area (Å²) in [6.45, 7) is 0. The van der Waals surface area contributed by atoms with Gasteiger partial charge in [0, 0.05) is 4.47 Å². The first-order valence-electron chi connectivity index (χ1n) is 3.22. The van der Waals surface area contributed by atoms with Crippen LogP contribution in [0, 0.1) is 10.1 Å². The monoisotopic (exact) mass is 286 g/mol. The maximum atomic E-state index is 12.3. The van der Waals surface area contributed by atoms with Crippen molar-refractivity contribution in [3.05, 3.63) is 31.4 Å². The number of hydrogen-bond acceptors (Lipinski definition) is 3.